The van der Waals surface area contributed by atoms with E-state index in [4.69, 9.17) is 21.1 Å². The number of rotatable bonds is 7. The van der Waals surface area contributed by atoms with E-state index in [1.807, 2.05) is 42.6 Å². The van der Waals surface area contributed by atoms with Crippen molar-refractivity contribution < 1.29 is 14.3 Å². The van der Waals surface area contributed by atoms with E-state index in [0.717, 1.165) is 60.9 Å². The number of nitrogens with zero attached hydrogens (tertiary/aromatic N) is 3. The third-order valence-electron chi connectivity index (χ3n) is 8.69. The smallest absolute Gasteiger partial charge is 0.341 e. The highest BCUT2D eigenvalue weighted by molar-refractivity contribution is 6.30. The molecule has 1 fully saturated rings. The summed E-state index contributed by atoms with van der Waals surface area (Å²) in [6.45, 7) is 9.44. The molecule has 3 heterocycles. The molecular formula is C34H37ClN4O3. The number of nitrogens with one attached hydrogen (secondary N) is 1. The molecule has 8 heteroatoms. The number of H-pyrrole nitrogens is 1. The predicted octanol–water partition coefficient (Wildman–Crippen LogP) is 7.58. The fraction of sp³-hybridized carbons (Fsp3) is 0.353. The number of carbonyl (C=O) groups excluding carboxylic acids is 1. The molecule has 0 radical (unpaired) electrons. The van der Waals surface area contributed by atoms with Crippen molar-refractivity contribution in [2.45, 2.75) is 33.1 Å². The molecule has 2 aliphatic rings. The predicted molar refractivity (Wildman–Crippen MR) is 169 cm³/mol. The number of fused-ring (bicyclic) bond motifs is 1. The molecule has 1 aliphatic heterocycles. The number of ether oxygens (including phenoxy) is 2. The highest BCUT2D eigenvalue weighted by Gasteiger charge is 2.32. The molecule has 1 saturated heterocycles. The lowest BCUT2D eigenvalue weighted by molar-refractivity contribution is 0.0598. The van der Waals surface area contributed by atoms with Gasteiger partial charge in [-0.25, -0.2) is 9.78 Å². The maximum absolute atomic E-state index is 12.6. The first kappa shape index (κ1) is 28.3. The van der Waals surface area contributed by atoms with Gasteiger partial charge < -0.3 is 19.4 Å². The zero-order valence-electron chi connectivity index (χ0n) is 24.5. The van der Waals surface area contributed by atoms with Crippen LogP contribution < -0.4 is 9.64 Å². The van der Waals surface area contributed by atoms with Crippen molar-refractivity contribution >= 4 is 39.9 Å². The minimum atomic E-state index is -0.433. The van der Waals surface area contributed by atoms with Crippen LogP contribution in [0.2, 0.25) is 5.02 Å². The molecule has 0 atom stereocenters. The molecule has 0 spiro atoms. The maximum Gasteiger partial charge on any atom is 0.341 e. The third kappa shape index (κ3) is 5.90. The van der Waals surface area contributed by atoms with Gasteiger partial charge >= 0.3 is 5.97 Å². The van der Waals surface area contributed by atoms with Crippen LogP contribution >= 0.6 is 11.6 Å². The van der Waals surface area contributed by atoms with Crippen LogP contribution in [0.15, 0.2) is 72.6 Å². The monoisotopic (exact) mass is 584 g/mol. The average molecular weight is 585 g/mol. The van der Waals surface area contributed by atoms with Crippen LogP contribution in [-0.2, 0) is 4.74 Å². The molecule has 1 aliphatic carbocycles. The van der Waals surface area contributed by atoms with Gasteiger partial charge in [0.05, 0.1) is 13.3 Å². The molecule has 4 aromatic rings. The number of pyridine rings is 1. The number of aromatic amines is 1. The first-order valence-electron chi connectivity index (χ1n) is 14.6. The van der Waals surface area contributed by atoms with Crippen LogP contribution in [0.4, 0.5) is 5.69 Å². The van der Waals surface area contributed by atoms with Crippen LogP contribution in [0, 0.1) is 5.41 Å². The summed E-state index contributed by atoms with van der Waals surface area (Å²) in [7, 11) is 1.38. The third-order valence-corrected chi connectivity index (χ3v) is 8.95. The molecule has 42 heavy (non-hydrogen) atoms. The molecule has 1 N–H and O–H groups in total. The second kappa shape index (κ2) is 11.8. The van der Waals surface area contributed by atoms with Gasteiger partial charge in [-0.05, 0) is 77.8 Å². The van der Waals surface area contributed by atoms with Crippen LogP contribution in [0.3, 0.4) is 0 Å². The van der Waals surface area contributed by atoms with Crippen molar-refractivity contribution in [2.24, 2.45) is 5.41 Å². The van der Waals surface area contributed by atoms with Gasteiger partial charge in [0.2, 0.25) is 0 Å². The minimum absolute atomic E-state index is 0.165. The van der Waals surface area contributed by atoms with Crippen molar-refractivity contribution in [1.82, 2.24) is 14.9 Å². The van der Waals surface area contributed by atoms with Gasteiger partial charge in [-0.3, -0.25) is 4.90 Å². The summed E-state index contributed by atoms with van der Waals surface area (Å²) in [5, 5.41) is 1.72. The quantitative estimate of drug-likeness (QED) is 0.226. The Morgan fingerprint density at radius 1 is 1.05 bits per heavy atom. The molecule has 0 bridgehead atoms. The van der Waals surface area contributed by atoms with E-state index in [9.17, 15) is 4.79 Å². The minimum Gasteiger partial charge on any atom is -0.465 e. The van der Waals surface area contributed by atoms with Crippen molar-refractivity contribution in [1.29, 1.82) is 0 Å². The number of piperazine rings is 1. The number of aromatic nitrogens is 2. The lowest BCUT2D eigenvalue weighted by atomic mass is 9.71. The van der Waals surface area contributed by atoms with Crippen molar-refractivity contribution in [3.05, 3.63) is 88.7 Å². The highest BCUT2D eigenvalue weighted by Crippen LogP contribution is 2.44. The average Bonchev–Trinajstić information content (AvgIpc) is 3.47. The largest absolute Gasteiger partial charge is 0.465 e. The Labute approximate surface area is 252 Å². The van der Waals surface area contributed by atoms with Crippen molar-refractivity contribution in [2.75, 3.05) is 44.7 Å². The molecular weight excluding hydrogens is 548 g/mol. The van der Waals surface area contributed by atoms with Crippen LogP contribution in [0.5, 0.6) is 11.5 Å². The Kier molecular flexibility index (Phi) is 7.97. The van der Waals surface area contributed by atoms with E-state index >= 15 is 0 Å². The number of hydrogen-bond acceptors (Lipinski definition) is 6. The Hall–Kier alpha value is -3.81. The summed E-state index contributed by atoms with van der Waals surface area (Å²) >= 11 is 6.20. The normalized spacial score (nSPS) is 17.5. The molecule has 6 rings (SSSR count). The van der Waals surface area contributed by atoms with E-state index in [-0.39, 0.29) is 5.41 Å². The number of anilines is 1. The summed E-state index contributed by atoms with van der Waals surface area (Å²) < 4.78 is 11.3. The second-order valence-electron chi connectivity index (χ2n) is 11.8. The Bertz CT molecular complexity index is 1620. The van der Waals surface area contributed by atoms with Gasteiger partial charge in [-0.15, -0.1) is 0 Å². The number of hydrogen-bond donors (Lipinski definition) is 1. The summed E-state index contributed by atoms with van der Waals surface area (Å²) in [6.07, 6.45) is 7.03. The van der Waals surface area contributed by atoms with E-state index in [1.54, 1.807) is 17.8 Å². The highest BCUT2D eigenvalue weighted by atomic mass is 35.5. The topological polar surface area (TPSA) is 70.7 Å². The van der Waals surface area contributed by atoms with E-state index in [1.165, 1.54) is 31.1 Å². The van der Waals surface area contributed by atoms with Gasteiger partial charge in [-0.1, -0.05) is 37.6 Å². The van der Waals surface area contributed by atoms with Crippen LogP contribution in [-0.4, -0.2) is 60.7 Å². The van der Waals surface area contributed by atoms with Crippen molar-refractivity contribution in [3.63, 3.8) is 0 Å². The lowest BCUT2D eigenvalue weighted by Crippen LogP contribution is -2.48. The van der Waals surface area contributed by atoms with Gasteiger partial charge in [0.15, 0.2) is 0 Å². The Balaban J connectivity index is 1.19. The fourth-order valence-electron chi connectivity index (χ4n) is 6.26. The number of allylic oxidation sites excluding steroid dienone is 1. The summed E-state index contributed by atoms with van der Waals surface area (Å²) in [4.78, 5) is 25.0. The van der Waals surface area contributed by atoms with Gasteiger partial charge in [0, 0.05) is 61.1 Å². The number of esters is 1. The Morgan fingerprint density at radius 2 is 1.83 bits per heavy atom. The first-order chi connectivity index (χ1) is 20.3. The standard InChI is InChI=1S/C34H37ClN4O3/c1-34(2)13-4-5-28(23-6-8-25(35)9-7-23)30(34)22-38-15-17-39(18-16-38)26-10-11-29(33(40)41-3)31(20-26)42-27-19-24-12-14-36-32(24)37-21-27/h6-12,14,19-21H,4-5,13,15-18,22H2,1-3H3,(H,36,37). The summed E-state index contributed by atoms with van der Waals surface area (Å²) in [6, 6.07) is 17.9. The number of methoxy groups -OCH3 is 1. The fourth-order valence-corrected chi connectivity index (χ4v) is 6.38. The lowest BCUT2D eigenvalue weighted by Gasteiger charge is -2.41. The molecule has 2 aromatic heterocycles. The van der Waals surface area contributed by atoms with E-state index in [2.05, 4.69) is 45.7 Å². The van der Waals surface area contributed by atoms with Gasteiger partial charge in [-0.2, -0.15) is 0 Å². The van der Waals surface area contributed by atoms with Crippen molar-refractivity contribution in [3.8, 4) is 11.5 Å². The molecule has 0 unspecified atom stereocenters. The van der Waals surface area contributed by atoms with Crippen LogP contribution in [0.25, 0.3) is 16.6 Å². The molecule has 2 aromatic carbocycles. The molecule has 0 amide bonds. The zero-order valence-corrected chi connectivity index (χ0v) is 25.2. The first-order valence-corrected chi connectivity index (χ1v) is 15.0. The molecule has 218 valence electrons. The number of halogens is 1. The number of carbonyl (C=O) groups is 1. The molecule has 0 saturated carbocycles. The summed E-state index contributed by atoms with van der Waals surface area (Å²) in [5.74, 6) is 0.589. The van der Waals surface area contributed by atoms with Gasteiger partial charge in [0.25, 0.3) is 0 Å². The van der Waals surface area contributed by atoms with Crippen LogP contribution in [0.1, 0.15) is 49.0 Å². The Morgan fingerprint density at radius 3 is 2.60 bits per heavy atom. The van der Waals surface area contributed by atoms with E-state index < -0.39 is 5.97 Å². The van der Waals surface area contributed by atoms with Gasteiger partial charge in [0.1, 0.15) is 22.7 Å². The summed E-state index contributed by atoms with van der Waals surface area (Å²) in [5.41, 5.74) is 6.69. The molecule has 7 nitrogen and oxygen atoms in total. The SMILES string of the molecule is COC(=O)c1ccc(N2CCN(CC3=C(c4ccc(Cl)cc4)CCCC3(C)C)CC2)cc1Oc1cnc2[nH]ccc2c1. The second-order valence-corrected chi connectivity index (χ2v) is 12.3. The van der Waals surface area contributed by atoms with E-state index in [0.29, 0.717) is 17.1 Å². The zero-order chi connectivity index (χ0) is 29.3. The number of benzene rings is 2. The maximum atomic E-state index is 12.6.